The van der Waals surface area contributed by atoms with Gasteiger partial charge in [0.2, 0.25) is 5.13 Å². The van der Waals surface area contributed by atoms with Gasteiger partial charge in [-0.25, -0.2) is 0 Å². The Morgan fingerprint density at radius 1 is 1.39 bits per heavy atom. The van der Waals surface area contributed by atoms with Crippen LogP contribution in [0.15, 0.2) is 28.6 Å². The van der Waals surface area contributed by atoms with Crippen LogP contribution in [0.1, 0.15) is 28.9 Å². The third-order valence-electron chi connectivity index (χ3n) is 3.81. The van der Waals surface area contributed by atoms with E-state index in [1.54, 1.807) is 0 Å². The summed E-state index contributed by atoms with van der Waals surface area (Å²) in [6.45, 7) is 1.94. The fourth-order valence-corrected chi connectivity index (χ4v) is 4.27. The van der Waals surface area contributed by atoms with E-state index in [9.17, 15) is 4.79 Å². The van der Waals surface area contributed by atoms with Crippen molar-refractivity contribution in [3.8, 4) is 0 Å². The number of thioether (sulfide) groups is 1. The molecule has 7 heteroatoms. The van der Waals surface area contributed by atoms with Crippen LogP contribution in [-0.4, -0.2) is 32.8 Å². The topological polar surface area (TPSA) is 70.7 Å². The van der Waals surface area contributed by atoms with Crippen LogP contribution in [-0.2, 0) is 0 Å². The van der Waals surface area contributed by atoms with Crippen LogP contribution in [0.25, 0.3) is 10.9 Å². The Bertz CT molecular complexity index is 866. The maximum absolute atomic E-state index is 12.6. The van der Waals surface area contributed by atoms with E-state index in [2.05, 4.69) is 20.5 Å². The number of carbonyl (C=O) groups excluding carboxylic acids is 1. The number of H-pyrrole nitrogens is 1. The van der Waals surface area contributed by atoms with Crippen molar-refractivity contribution >= 4 is 44.9 Å². The van der Waals surface area contributed by atoms with Crippen molar-refractivity contribution in [1.29, 1.82) is 0 Å². The van der Waals surface area contributed by atoms with Crippen LogP contribution in [0.5, 0.6) is 0 Å². The molecule has 2 N–H and O–H groups in total. The van der Waals surface area contributed by atoms with Gasteiger partial charge in [0, 0.05) is 28.2 Å². The molecule has 2 aromatic heterocycles. The third kappa shape index (κ3) is 3.11. The van der Waals surface area contributed by atoms with Crippen LogP contribution in [0, 0.1) is 6.92 Å². The molecule has 1 saturated carbocycles. The van der Waals surface area contributed by atoms with Crippen molar-refractivity contribution in [1.82, 2.24) is 15.2 Å². The van der Waals surface area contributed by atoms with E-state index in [1.165, 1.54) is 35.9 Å². The molecule has 1 aromatic carbocycles. The molecule has 0 radical (unpaired) electrons. The Hall–Kier alpha value is -1.86. The molecular weight excluding hydrogens is 328 g/mol. The van der Waals surface area contributed by atoms with Crippen LogP contribution >= 0.6 is 23.1 Å². The molecule has 0 saturated heterocycles. The van der Waals surface area contributed by atoms with Crippen LogP contribution in [0.2, 0.25) is 0 Å². The summed E-state index contributed by atoms with van der Waals surface area (Å²) in [5.74, 6) is 0.498. The molecular formula is C16H16N4OS2. The van der Waals surface area contributed by atoms with Gasteiger partial charge in [0.1, 0.15) is 0 Å². The summed E-state index contributed by atoms with van der Waals surface area (Å²) in [4.78, 5) is 15.9. The number of hydrogen-bond donors (Lipinski definition) is 2. The van der Waals surface area contributed by atoms with Crippen LogP contribution in [0.3, 0.4) is 0 Å². The minimum atomic E-state index is 0.122. The van der Waals surface area contributed by atoms with Crippen molar-refractivity contribution in [3.63, 3.8) is 0 Å². The SMILES string of the molecule is Cc1[nH]c2ccccc2c1C(=O)CSc1nnc(NC2CC2)s1. The van der Waals surface area contributed by atoms with Crippen LogP contribution in [0.4, 0.5) is 5.13 Å². The van der Waals surface area contributed by atoms with E-state index in [1.807, 2.05) is 31.2 Å². The van der Waals surface area contributed by atoms with E-state index < -0.39 is 0 Å². The summed E-state index contributed by atoms with van der Waals surface area (Å²) in [6.07, 6.45) is 2.42. The molecule has 0 unspecified atom stereocenters. The number of aryl methyl sites for hydroxylation is 1. The number of nitrogens with zero attached hydrogens (tertiary/aromatic N) is 2. The van der Waals surface area contributed by atoms with Gasteiger partial charge in [0.25, 0.3) is 0 Å². The monoisotopic (exact) mass is 344 g/mol. The fraction of sp³-hybridized carbons (Fsp3) is 0.312. The largest absolute Gasteiger partial charge is 0.358 e. The lowest BCUT2D eigenvalue weighted by atomic mass is 10.1. The van der Waals surface area contributed by atoms with Gasteiger partial charge in [-0.1, -0.05) is 41.3 Å². The molecule has 0 bridgehead atoms. The highest BCUT2D eigenvalue weighted by atomic mass is 32.2. The molecule has 3 aromatic rings. The summed E-state index contributed by atoms with van der Waals surface area (Å²) in [5, 5.41) is 13.4. The number of aromatic amines is 1. The molecule has 0 amide bonds. The lowest BCUT2D eigenvalue weighted by Gasteiger charge is -1.99. The standard InChI is InChI=1S/C16H16N4OS2/c1-9-14(11-4-2-3-5-12(11)17-9)13(21)8-22-16-20-19-15(23-16)18-10-6-7-10/h2-5,10,17H,6-8H2,1H3,(H,18,19). The van der Waals surface area contributed by atoms with Gasteiger partial charge in [-0.05, 0) is 25.8 Å². The highest BCUT2D eigenvalue weighted by molar-refractivity contribution is 8.01. The minimum Gasteiger partial charge on any atom is -0.358 e. The Kier molecular flexibility index (Phi) is 3.82. The summed E-state index contributed by atoms with van der Waals surface area (Å²) in [6, 6.07) is 8.47. The molecule has 0 spiro atoms. The summed E-state index contributed by atoms with van der Waals surface area (Å²) >= 11 is 2.97. The van der Waals surface area contributed by atoms with Crippen molar-refractivity contribution < 1.29 is 4.79 Å². The normalized spacial score (nSPS) is 14.3. The maximum atomic E-state index is 12.6. The first-order chi connectivity index (χ1) is 11.2. The molecule has 0 atom stereocenters. The van der Waals surface area contributed by atoms with E-state index in [0.29, 0.717) is 11.8 Å². The zero-order chi connectivity index (χ0) is 15.8. The van der Waals surface area contributed by atoms with Gasteiger partial charge in [-0.3, -0.25) is 4.79 Å². The van der Waals surface area contributed by atoms with Gasteiger partial charge in [-0.2, -0.15) is 0 Å². The number of aromatic nitrogens is 3. The Balaban J connectivity index is 1.46. The van der Waals surface area contributed by atoms with Crippen molar-refractivity contribution in [2.45, 2.75) is 30.1 Å². The van der Waals surface area contributed by atoms with E-state index in [0.717, 1.165) is 31.6 Å². The number of anilines is 1. The van der Waals surface area contributed by atoms with Crippen molar-refractivity contribution in [3.05, 3.63) is 35.5 Å². The number of Topliss-reactive ketones (excluding diaryl/α,β-unsaturated/α-hetero) is 1. The smallest absolute Gasteiger partial charge is 0.206 e. The highest BCUT2D eigenvalue weighted by Crippen LogP contribution is 2.31. The second-order valence-corrected chi connectivity index (χ2v) is 7.87. The number of ketones is 1. The minimum absolute atomic E-state index is 0.122. The number of nitrogens with one attached hydrogen (secondary N) is 2. The molecule has 1 aliphatic carbocycles. The second-order valence-electron chi connectivity index (χ2n) is 5.67. The average molecular weight is 344 g/mol. The first-order valence-corrected chi connectivity index (χ1v) is 9.34. The first-order valence-electron chi connectivity index (χ1n) is 7.54. The molecule has 1 fully saturated rings. The van der Waals surface area contributed by atoms with Gasteiger partial charge in [0.15, 0.2) is 10.1 Å². The van der Waals surface area contributed by atoms with Crippen molar-refractivity contribution in [2.75, 3.05) is 11.1 Å². The highest BCUT2D eigenvalue weighted by Gasteiger charge is 2.22. The molecule has 1 aliphatic rings. The summed E-state index contributed by atoms with van der Waals surface area (Å²) in [5.41, 5.74) is 2.71. The lowest BCUT2D eigenvalue weighted by molar-refractivity contribution is 0.102. The predicted octanol–water partition coefficient (Wildman–Crippen LogP) is 3.88. The number of rotatable bonds is 6. The Morgan fingerprint density at radius 3 is 3.04 bits per heavy atom. The summed E-state index contributed by atoms with van der Waals surface area (Å²) < 4.78 is 0.832. The first kappa shape index (κ1) is 14.7. The van der Waals surface area contributed by atoms with Gasteiger partial charge in [-0.15, -0.1) is 10.2 Å². The van der Waals surface area contributed by atoms with Gasteiger partial charge < -0.3 is 10.3 Å². The van der Waals surface area contributed by atoms with E-state index in [-0.39, 0.29) is 5.78 Å². The zero-order valence-corrected chi connectivity index (χ0v) is 14.3. The van der Waals surface area contributed by atoms with Gasteiger partial charge in [0.05, 0.1) is 5.75 Å². The molecule has 0 aliphatic heterocycles. The molecule has 2 heterocycles. The number of carbonyl (C=O) groups is 1. The third-order valence-corrected chi connectivity index (χ3v) is 5.80. The molecule has 23 heavy (non-hydrogen) atoms. The second kappa shape index (κ2) is 5.98. The van der Waals surface area contributed by atoms with E-state index >= 15 is 0 Å². The summed E-state index contributed by atoms with van der Waals surface area (Å²) in [7, 11) is 0. The average Bonchev–Trinajstić information content (AvgIpc) is 3.12. The van der Waals surface area contributed by atoms with Crippen LogP contribution < -0.4 is 5.32 Å². The maximum Gasteiger partial charge on any atom is 0.206 e. The molecule has 118 valence electrons. The van der Waals surface area contributed by atoms with E-state index in [4.69, 9.17) is 0 Å². The van der Waals surface area contributed by atoms with Gasteiger partial charge >= 0.3 is 0 Å². The number of para-hydroxylation sites is 1. The molecule has 5 nitrogen and oxygen atoms in total. The predicted molar refractivity (Wildman–Crippen MR) is 94.6 cm³/mol. The number of benzene rings is 1. The quantitative estimate of drug-likeness (QED) is 0.524. The number of fused-ring (bicyclic) bond motifs is 1. The fourth-order valence-electron chi connectivity index (χ4n) is 2.56. The number of hydrogen-bond acceptors (Lipinski definition) is 6. The Labute approximate surface area is 141 Å². The Morgan fingerprint density at radius 2 is 2.22 bits per heavy atom. The molecule has 4 rings (SSSR count). The lowest BCUT2D eigenvalue weighted by Crippen LogP contribution is -2.03. The van der Waals surface area contributed by atoms with Crippen molar-refractivity contribution in [2.24, 2.45) is 0 Å². The zero-order valence-electron chi connectivity index (χ0n) is 12.6.